The molecule has 0 amide bonds. The summed E-state index contributed by atoms with van der Waals surface area (Å²) in [5.41, 5.74) is 2.05. The lowest BCUT2D eigenvalue weighted by molar-refractivity contribution is 0.558. The lowest BCUT2D eigenvalue weighted by atomic mass is 9.92. The van der Waals surface area contributed by atoms with Crippen molar-refractivity contribution in [3.8, 4) is 0 Å². The van der Waals surface area contributed by atoms with Crippen LogP contribution >= 0.6 is 45.8 Å². The van der Waals surface area contributed by atoms with Crippen molar-refractivity contribution in [2.75, 3.05) is 0 Å². The van der Waals surface area contributed by atoms with Gasteiger partial charge in [-0.25, -0.2) is 9.97 Å². The van der Waals surface area contributed by atoms with E-state index in [4.69, 9.17) is 23.2 Å². The molecule has 1 aromatic carbocycles. The zero-order valence-electron chi connectivity index (χ0n) is 11.5. The van der Waals surface area contributed by atoms with E-state index in [9.17, 15) is 0 Å². The molecule has 1 aromatic heterocycles. The van der Waals surface area contributed by atoms with E-state index in [0.717, 1.165) is 25.7 Å². The molecule has 106 valence electrons. The second-order valence-electron chi connectivity index (χ2n) is 5.65. The molecule has 2 rings (SSSR count). The monoisotopic (exact) mass is 420 g/mol. The van der Waals surface area contributed by atoms with Crippen molar-refractivity contribution in [1.29, 1.82) is 0 Å². The smallest absolute Gasteiger partial charge is 0.146 e. The van der Waals surface area contributed by atoms with Gasteiger partial charge < -0.3 is 0 Å². The van der Waals surface area contributed by atoms with Crippen LogP contribution in [0.5, 0.6) is 0 Å². The van der Waals surface area contributed by atoms with Gasteiger partial charge in [0, 0.05) is 16.9 Å². The maximum Gasteiger partial charge on any atom is 0.146 e. The highest BCUT2D eigenvalue weighted by Crippen LogP contribution is 2.29. The predicted molar refractivity (Wildman–Crippen MR) is 92.7 cm³/mol. The van der Waals surface area contributed by atoms with Crippen LogP contribution in [0.2, 0.25) is 10.2 Å². The van der Waals surface area contributed by atoms with Gasteiger partial charge in [0.15, 0.2) is 0 Å². The Morgan fingerprint density at radius 1 is 1.05 bits per heavy atom. The molecule has 20 heavy (non-hydrogen) atoms. The van der Waals surface area contributed by atoms with E-state index in [1.165, 1.54) is 0 Å². The quantitative estimate of drug-likeness (QED) is 0.488. The molecule has 1 heterocycles. The van der Waals surface area contributed by atoms with Gasteiger partial charge >= 0.3 is 0 Å². The minimum atomic E-state index is -0.0577. The fourth-order valence-corrected chi connectivity index (χ4v) is 3.19. The van der Waals surface area contributed by atoms with E-state index in [1.807, 2.05) is 24.3 Å². The van der Waals surface area contributed by atoms with Gasteiger partial charge in [0.2, 0.25) is 0 Å². The number of nitrogens with zero attached hydrogens (tertiary/aromatic N) is 2. The number of aromatic nitrogens is 2. The minimum absolute atomic E-state index is 0.0577. The van der Waals surface area contributed by atoms with Gasteiger partial charge in [-0.15, -0.1) is 0 Å². The third-order valence-corrected chi connectivity index (χ3v) is 4.71. The second-order valence-corrected chi connectivity index (χ2v) is 7.52. The van der Waals surface area contributed by atoms with E-state index in [0.29, 0.717) is 11.6 Å². The molecule has 0 saturated heterocycles. The van der Waals surface area contributed by atoms with Crippen molar-refractivity contribution in [3.05, 3.63) is 55.1 Å². The summed E-state index contributed by atoms with van der Waals surface area (Å²) in [6.07, 6.45) is 0.650. The van der Waals surface area contributed by atoms with Gasteiger partial charge in [-0.2, -0.15) is 0 Å². The maximum absolute atomic E-state index is 6.24. The largest absolute Gasteiger partial charge is 0.236 e. The Labute approximate surface area is 143 Å². The Morgan fingerprint density at radius 2 is 1.65 bits per heavy atom. The Morgan fingerprint density at radius 3 is 2.20 bits per heavy atom. The molecule has 0 unspecified atom stereocenters. The third kappa shape index (κ3) is 3.83. The first-order chi connectivity index (χ1) is 9.27. The van der Waals surface area contributed by atoms with Gasteiger partial charge in [-0.05, 0) is 40.3 Å². The normalized spacial score (nSPS) is 11.7. The van der Waals surface area contributed by atoms with Crippen molar-refractivity contribution in [2.45, 2.75) is 32.6 Å². The SMILES string of the molecule is CC(C)(C)c1nc(Cc2ccc(Cl)cc2)nc(Cl)c1I. The molecule has 2 aromatic rings. The second kappa shape index (κ2) is 6.16. The molecule has 0 aliphatic rings. The Bertz CT molecular complexity index is 619. The van der Waals surface area contributed by atoms with Gasteiger partial charge in [-0.1, -0.05) is 56.1 Å². The zero-order chi connectivity index (χ0) is 14.9. The van der Waals surface area contributed by atoms with Gasteiger partial charge in [0.25, 0.3) is 0 Å². The molecule has 0 radical (unpaired) electrons. The van der Waals surface area contributed by atoms with Crippen LogP contribution in [-0.4, -0.2) is 9.97 Å². The van der Waals surface area contributed by atoms with Crippen LogP contribution in [0.3, 0.4) is 0 Å². The van der Waals surface area contributed by atoms with Crippen LogP contribution < -0.4 is 0 Å². The van der Waals surface area contributed by atoms with Crippen molar-refractivity contribution in [3.63, 3.8) is 0 Å². The molecule has 0 N–H and O–H groups in total. The van der Waals surface area contributed by atoms with Crippen molar-refractivity contribution >= 4 is 45.8 Å². The van der Waals surface area contributed by atoms with Gasteiger partial charge in [0.05, 0.1) is 9.26 Å². The Kier molecular flexibility index (Phi) is 4.92. The molecule has 0 spiro atoms. The summed E-state index contributed by atoms with van der Waals surface area (Å²) in [6, 6.07) is 7.70. The van der Waals surface area contributed by atoms with Crippen molar-refractivity contribution in [2.24, 2.45) is 0 Å². The third-order valence-electron chi connectivity index (χ3n) is 2.84. The number of benzene rings is 1. The number of hydrogen-bond donors (Lipinski definition) is 0. The topological polar surface area (TPSA) is 25.8 Å². The summed E-state index contributed by atoms with van der Waals surface area (Å²) in [7, 11) is 0. The highest BCUT2D eigenvalue weighted by molar-refractivity contribution is 14.1. The number of hydrogen-bond acceptors (Lipinski definition) is 2. The summed E-state index contributed by atoms with van der Waals surface area (Å²) in [4.78, 5) is 9.06. The highest BCUT2D eigenvalue weighted by Gasteiger charge is 2.22. The van der Waals surface area contributed by atoms with Crippen molar-refractivity contribution < 1.29 is 0 Å². The van der Waals surface area contributed by atoms with Gasteiger partial charge in [0.1, 0.15) is 11.0 Å². The maximum atomic E-state index is 6.24. The first-order valence-corrected chi connectivity index (χ1v) is 8.07. The first-order valence-electron chi connectivity index (χ1n) is 6.24. The Balaban J connectivity index is 2.38. The van der Waals surface area contributed by atoms with Crippen LogP contribution in [0.1, 0.15) is 37.9 Å². The Hall–Kier alpha value is -0.390. The summed E-state index contributed by atoms with van der Waals surface area (Å²) in [5, 5.41) is 1.25. The van der Waals surface area contributed by atoms with Gasteiger partial charge in [-0.3, -0.25) is 0 Å². The zero-order valence-corrected chi connectivity index (χ0v) is 15.2. The molecule has 0 bridgehead atoms. The van der Waals surface area contributed by atoms with E-state index in [1.54, 1.807) is 0 Å². The van der Waals surface area contributed by atoms with E-state index >= 15 is 0 Å². The summed E-state index contributed by atoms with van der Waals surface area (Å²) >= 11 is 14.3. The number of halogens is 3. The lowest BCUT2D eigenvalue weighted by Crippen LogP contribution is -2.18. The fourth-order valence-electron chi connectivity index (χ4n) is 1.82. The fraction of sp³-hybridized carbons (Fsp3) is 0.333. The molecule has 0 aliphatic carbocycles. The average Bonchev–Trinajstić information content (AvgIpc) is 2.35. The van der Waals surface area contributed by atoms with E-state index in [2.05, 4.69) is 53.3 Å². The summed E-state index contributed by atoms with van der Waals surface area (Å²) < 4.78 is 0.927. The highest BCUT2D eigenvalue weighted by atomic mass is 127. The lowest BCUT2D eigenvalue weighted by Gasteiger charge is -2.20. The molecule has 2 nitrogen and oxygen atoms in total. The minimum Gasteiger partial charge on any atom is -0.236 e. The molecule has 0 fully saturated rings. The van der Waals surface area contributed by atoms with Crippen molar-refractivity contribution in [1.82, 2.24) is 9.97 Å². The standard InChI is InChI=1S/C15H15Cl2IN2/c1-15(2,3)13-12(18)14(17)20-11(19-13)8-9-4-6-10(16)7-5-9/h4-7H,8H2,1-3H3. The molecule has 0 atom stereocenters. The van der Waals surface area contributed by atoms with Crippen LogP contribution in [-0.2, 0) is 11.8 Å². The van der Waals surface area contributed by atoms with E-state index in [-0.39, 0.29) is 5.41 Å². The van der Waals surface area contributed by atoms with Crippen LogP contribution in [0.25, 0.3) is 0 Å². The molecular weight excluding hydrogens is 406 g/mol. The first kappa shape index (κ1) is 16.0. The predicted octanol–water partition coefficient (Wildman–Crippen LogP) is 5.28. The average molecular weight is 421 g/mol. The molecule has 0 aliphatic heterocycles. The number of rotatable bonds is 2. The summed E-state index contributed by atoms with van der Waals surface area (Å²) in [6.45, 7) is 6.37. The van der Waals surface area contributed by atoms with Crippen LogP contribution in [0.4, 0.5) is 0 Å². The summed E-state index contributed by atoms with van der Waals surface area (Å²) in [5.74, 6) is 0.739. The molecule has 0 saturated carbocycles. The van der Waals surface area contributed by atoms with Crippen LogP contribution in [0.15, 0.2) is 24.3 Å². The van der Waals surface area contributed by atoms with E-state index < -0.39 is 0 Å². The molecule has 5 heteroatoms. The van der Waals surface area contributed by atoms with Crippen LogP contribution in [0, 0.1) is 3.57 Å². The molecular formula is C15H15Cl2IN2.